The van der Waals surface area contributed by atoms with Crippen molar-refractivity contribution in [2.45, 2.75) is 19.4 Å². The predicted octanol–water partition coefficient (Wildman–Crippen LogP) is 2.13. The van der Waals surface area contributed by atoms with Gasteiger partial charge in [0, 0.05) is 49.1 Å². The Hall–Kier alpha value is -4.01. The number of aromatic nitrogens is 4. The molecular weight excluding hydrogens is 496 g/mol. The van der Waals surface area contributed by atoms with Gasteiger partial charge in [-0.15, -0.1) is 0 Å². The van der Waals surface area contributed by atoms with E-state index in [0.29, 0.717) is 56.5 Å². The van der Waals surface area contributed by atoms with E-state index in [4.69, 9.17) is 19.4 Å². The van der Waals surface area contributed by atoms with Gasteiger partial charge in [0.25, 0.3) is 0 Å². The summed E-state index contributed by atoms with van der Waals surface area (Å²) in [4.78, 5) is 27.9. The Morgan fingerprint density at radius 1 is 1.33 bits per heavy atom. The number of likely N-dealkylation sites (N-methyl/N-ethyl adjacent to an activating group) is 1. The van der Waals surface area contributed by atoms with Gasteiger partial charge in [-0.3, -0.25) is 14.8 Å². The number of carbonyl (C=O) groups is 1. The van der Waals surface area contributed by atoms with Crippen LogP contribution in [0.15, 0.2) is 31.0 Å². The van der Waals surface area contributed by atoms with Gasteiger partial charge >= 0.3 is 6.01 Å². The lowest BCUT2D eigenvalue weighted by Crippen LogP contribution is -2.59. The van der Waals surface area contributed by atoms with E-state index in [2.05, 4.69) is 39.7 Å². The molecule has 0 aliphatic carbocycles. The van der Waals surface area contributed by atoms with Crippen LogP contribution in [-0.2, 0) is 9.53 Å². The Balaban J connectivity index is 1.38. The number of benzene rings is 1. The van der Waals surface area contributed by atoms with E-state index in [1.165, 1.54) is 6.08 Å². The topological polar surface area (TPSA) is 124 Å². The Morgan fingerprint density at radius 3 is 2.95 bits per heavy atom. The quantitative estimate of drug-likeness (QED) is 0.479. The molecule has 1 spiro atoms. The van der Waals surface area contributed by atoms with Crippen LogP contribution >= 0.6 is 0 Å². The highest BCUT2D eigenvalue weighted by molar-refractivity contribution is 5.97. The van der Waals surface area contributed by atoms with Crippen molar-refractivity contribution < 1.29 is 14.3 Å². The fourth-order valence-corrected chi connectivity index (χ4v) is 5.95. The highest BCUT2D eigenvalue weighted by Crippen LogP contribution is 2.43. The summed E-state index contributed by atoms with van der Waals surface area (Å²) in [7, 11) is 2.05. The molecule has 1 atom stereocenters. The van der Waals surface area contributed by atoms with E-state index in [-0.39, 0.29) is 23.4 Å². The zero-order valence-corrected chi connectivity index (χ0v) is 22.3. The van der Waals surface area contributed by atoms with Gasteiger partial charge < -0.3 is 19.3 Å². The van der Waals surface area contributed by atoms with Crippen LogP contribution in [0.2, 0.25) is 0 Å². The van der Waals surface area contributed by atoms with Gasteiger partial charge in [0.15, 0.2) is 5.82 Å². The summed E-state index contributed by atoms with van der Waals surface area (Å²) in [6.45, 7) is 10.9. The van der Waals surface area contributed by atoms with Gasteiger partial charge in [0.05, 0.1) is 36.7 Å². The molecule has 202 valence electrons. The molecule has 39 heavy (non-hydrogen) atoms. The van der Waals surface area contributed by atoms with Crippen LogP contribution in [0.5, 0.6) is 6.01 Å². The molecule has 3 fully saturated rings. The second-order valence-corrected chi connectivity index (χ2v) is 10.8. The largest absolute Gasteiger partial charge is 0.462 e. The molecule has 1 N–H and O–H groups in total. The van der Waals surface area contributed by atoms with Crippen molar-refractivity contribution in [3.63, 3.8) is 0 Å². The van der Waals surface area contributed by atoms with Crippen molar-refractivity contribution >= 4 is 22.6 Å². The van der Waals surface area contributed by atoms with E-state index >= 15 is 0 Å². The summed E-state index contributed by atoms with van der Waals surface area (Å²) < 4.78 is 11.8. The number of anilines is 1. The first kappa shape index (κ1) is 25.3. The number of H-pyrrole nitrogens is 1. The highest BCUT2D eigenvalue weighted by atomic mass is 16.5. The molecule has 11 nitrogen and oxygen atoms in total. The summed E-state index contributed by atoms with van der Waals surface area (Å²) >= 11 is 0. The van der Waals surface area contributed by atoms with Crippen LogP contribution in [0.3, 0.4) is 0 Å². The third kappa shape index (κ3) is 4.49. The Bertz CT molecular complexity index is 1470. The van der Waals surface area contributed by atoms with Crippen molar-refractivity contribution in [2.24, 2.45) is 5.41 Å². The van der Waals surface area contributed by atoms with Gasteiger partial charge in [-0.2, -0.15) is 20.3 Å². The molecular formula is C28H32N8O3. The third-order valence-electron chi connectivity index (χ3n) is 8.25. The number of rotatable bonds is 6. The average molecular weight is 529 g/mol. The number of fused-ring (bicyclic) bond motifs is 1. The SMILES string of the molecule is C=CC(=O)N1CC2(CCN(c3nc(OC[C@@H]4COCCN4C)nc(-c4c(C)ccc5[nH]ncc45)c3C#N)C2)C1. The molecule has 1 aromatic carbocycles. The molecule has 5 heterocycles. The van der Waals surface area contributed by atoms with Crippen LogP contribution in [0.25, 0.3) is 22.2 Å². The molecule has 0 radical (unpaired) electrons. The zero-order chi connectivity index (χ0) is 27.1. The number of hydrogen-bond acceptors (Lipinski definition) is 9. The van der Waals surface area contributed by atoms with Crippen molar-refractivity contribution in [1.82, 2.24) is 30.0 Å². The van der Waals surface area contributed by atoms with Gasteiger partial charge in [-0.25, -0.2) is 0 Å². The van der Waals surface area contributed by atoms with Crippen LogP contribution in [0.1, 0.15) is 17.5 Å². The Morgan fingerprint density at radius 2 is 2.18 bits per heavy atom. The lowest BCUT2D eigenvalue weighted by Gasteiger charge is -2.47. The normalized spacial score (nSPS) is 20.7. The minimum Gasteiger partial charge on any atom is -0.462 e. The van der Waals surface area contributed by atoms with E-state index in [1.807, 2.05) is 24.0 Å². The standard InChI is InChI=1S/C28H32N8O3/c1-4-23(37)36-16-28(17-36)7-8-35(15-28)26-20(11-29)25(24-18(2)5-6-22-21(24)12-30-33-22)31-27(32-26)39-14-19-13-38-10-9-34(19)3/h4-6,12,19H,1,7-10,13-17H2,2-3H3,(H,30,33)/t19-/m0/s1. The molecule has 3 aliphatic heterocycles. The number of ether oxygens (including phenoxy) is 2. The first-order chi connectivity index (χ1) is 18.9. The maximum absolute atomic E-state index is 12.1. The number of likely N-dealkylation sites (tertiary alicyclic amines) is 1. The molecule has 3 saturated heterocycles. The van der Waals surface area contributed by atoms with E-state index in [0.717, 1.165) is 41.5 Å². The first-order valence-electron chi connectivity index (χ1n) is 13.2. The van der Waals surface area contributed by atoms with Gasteiger partial charge in [0.2, 0.25) is 5.91 Å². The highest BCUT2D eigenvalue weighted by Gasteiger charge is 2.49. The van der Waals surface area contributed by atoms with Crippen LogP contribution in [0, 0.1) is 23.7 Å². The Labute approximate surface area is 227 Å². The molecule has 1 amide bonds. The fraction of sp³-hybridized carbons (Fsp3) is 0.464. The van der Waals surface area contributed by atoms with Gasteiger partial charge in [-0.1, -0.05) is 12.6 Å². The van der Waals surface area contributed by atoms with Gasteiger partial charge in [0.1, 0.15) is 18.2 Å². The second kappa shape index (κ2) is 9.94. The zero-order valence-electron chi connectivity index (χ0n) is 22.3. The maximum Gasteiger partial charge on any atom is 0.319 e. The number of amides is 1. The Kier molecular flexibility index (Phi) is 6.45. The minimum atomic E-state index is -0.0443. The van der Waals surface area contributed by atoms with Gasteiger partial charge in [-0.05, 0) is 38.1 Å². The van der Waals surface area contributed by atoms with Crippen LogP contribution < -0.4 is 9.64 Å². The summed E-state index contributed by atoms with van der Waals surface area (Å²) in [5.74, 6) is 0.521. The van der Waals surface area contributed by atoms with E-state index in [9.17, 15) is 10.1 Å². The molecule has 3 aliphatic rings. The maximum atomic E-state index is 12.1. The van der Waals surface area contributed by atoms with Crippen molar-refractivity contribution in [3.8, 4) is 23.3 Å². The lowest BCUT2D eigenvalue weighted by atomic mass is 9.79. The molecule has 6 rings (SSSR count). The summed E-state index contributed by atoms with van der Waals surface area (Å²) in [6.07, 6.45) is 4.04. The van der Waals surface area contributed by atoms with Crippen molar-refractivity contribution in [2.75, 3.05) is 64.5 Å². The number of nitrogens with one attached hydrogen (secondary N) is 1. The molecule has 3 aromatic rings. The molecule has 0 bridgehead atoms. The second-order valence-electron chi connectivity index (χ2n) is 10.8. The van der Waals surface area contributed by atoms with E-state index < -0.39 is 0 Å². The predicted molar refractivity (Wildman–Crippen MR) is 145 cm³/mol. The van der Waals surface area contributed by atoms with E-state index in [1.54, 1.807) is 6.20 Å². The number of hydrogen-bond donors (Lipinski definition) is 1. The number of aromatic amines is 1. The smallest absolute Gasteiger partial charge is 0.319 e. The molecule has 2 aromatic heterocycles. The fourth-order valence-electron chi connectivity index (χ4n) is 5.95. The average Bonchev–Trinajstić information content (AvgIpc) is 3.59. The number of nitrogens with zero attached hydrogens (tertiary/aromatic N) is 7. The minimum absolute atomic E-state index is 0.0137. The van der Waals surface area contributed by atoms with Crippen molar-refractivity contribution in [3.05, 3.63) is 42.1 Å². The molecule has 11 heteroatoms. The number of morpholine rings is 1. The monoisotopic (exact) mass is 528 g/mol. The van der Waals surface area contributed by atoms with Crippen LogP contribution in [-0.4, -0.2) is 102 Å². The van der Waals surface area contributed by atoms with Crippen LogP contribution in [0.4, 0.5) is 5.82 Å². The lowest BCUT2D eigenvalue weighted by molar-refractivity contribution is -0.136. The van der Waals surface area contributed by atoms with Crippen molar-refractivity contribution in [1.29, 1.82) is 5.26 Å². The summed E-state index contributed by atoms with van der Waals surface area (Å²) in [6, 6.07) is 6.69. The molecule has 0 saturated carbocycles. The summed E-state index contributed by atoms with van der Waals surface area (Å²) in [5, 5.41) is 18.6. The summed E-state index contributed by atoms with van der Waals surface area (Å²) in [5.41, 5.74) is 3.61. The number of carbonyl (C=O) groups excluding carboxylic acids is 1. The number of nitriles is 1. The first-order valence-corrected chi connectivity index (χ1v) is 13.2. The molecule has 0 unspecified atom stereocenters. The number of aryl methyl sites for hydroxylation is 1. The third-order valence-corrected chi connectivity index (χ3v) is 8.25.